The van der Waals surface area contributed by atoms with Gasteiger partial charge in [0.2, 0.25) is 0 Å². The monoisotopic (exact) mass is 178 g/mol. The lowest BCUT2D eigenvalue weighted by atomic mass is 10.00. The Morgan fingerprint density at radius 1 is 1.38 bits per heavy atom. The van der Waals surface area contributed by atoms with Crippen molar-refractivity contribution in [2.75, 3.05) is 7.05 Å². The highest BCUT2D eigenvalue weighted by Gasteiger charge is 2.12. The second kappa shape index (κ2) is 4.40. The van der Waals surface area contributed by atoms with Gasteiger partial charge in [0.1, 0.15) is 0 Å². The van der Waals surface area contributed by atoms with E-state index in [4.69, 9.17) is 5.73 Å². The maximum Gasteiger partial charge on any atom is 0.0468 e. The minimum absolute atomic E-state index is 0.131. The molecular formula is C11H18N2. The van der Waals surface area contributed by atoms with Gasteiger partial charge in [-0.1, -0.05) is 29.8 Å². The molecule has 0 aliphatic carbocycles. The van der Waals surface area contributed by atoms with E-state index in [1.54, 1.807) is 0 Å². The van der Waals surface area contributed by atoms with Crippen LogP contribution >= 0.6 is 0 Å². The molecule has 0 aliphatic heterocycles. The molecule has 72 valence electrons. The van der Waals surface area contributed by atoms with Crippen molar-refractivity contribution in [1.29, 1.82) is 0 Å². The Kier molecular flexibility index (Phi) is 3.46. The van der Waals surface area contributed by atoms with Gasteiger partial charge < -0.3 is 11.1 Å². The molecule has 0 aliphatic rings. The van der Waals surface area contributed by atoms with Gasteiger partial charge in [0.15, 0.2) is 0 Å². The number of hydrogen-bond donors (Lipinski definition) is 2. The molecule has 0 radical (unpaired) electrons. The van der Waals surface area contributed by atoms with Crippen LogP contribution in [0.5, 0.6) is 0 Å². The third-order valence-electron chi connectivity index (χ3n) is 2.24. The van der Waals surface area contributed by atoms with Gasteiger partial charge in [-0.3, -0.25) is 0 Å². The molecule has 1 rings (SSSR count). The first-order valence-electron chi connectivity index (χ1n) is 4.64. The van der Waals surface area contributed by atoms with Crippen LogP contribution in [0.15, 0.2) is 24.3 Å². The van der Waals surface area contributed by atoms with Gasteiger partial charge in [-0.25, -0.2) is 0 Å². The summed E-state index contributed by atoms with van der Waals surface area (Å²) in [6.45, 7) is 4.11. The Hall–Kier alpha value is -0.860. The van der Waals surface area contributed by atoms with Crippen molar-refractivity contribution in [3.8, 4) is 0 Å². The maximum absolute atomic E-state index is 5.87. The predicted octanol–water partition coefficient (Wildman–Crippen LogP) is 1.60. The standard InChI is InChI=1S/C11H18N2/c1-8-5-4-6-10(7-8)11(13-3)9(2)12/h4-7,9,11,13H,12H2,1-3H3. The second-order valence-electron chi connectivity index (χ2n) is 3.54. The van der Waals surface area contributed by atoms with Crippen LogP contribution in [0.2, 0.25) is 0 Å². The molecule has 13 heavy (non-hydrogen) atoms. The van der Waals surface area contributed by atoms with Crippen LogP contribution in [0.1, 0.15) is 24.1 Å². The van der Waals surface area contributed by atoms with Crippen LogP contribution in [-0.4, -0.2) is 13.1 Å². The molecule has 2 nitrogen and oxygen atoms in total. The zero-order valence-electron chi connectivity index (χ0n) is 8.54. The van der Waals surface area contributed by atoms with Crippen molar-refractivity contribution in [2.45, 2.75) is 25.9 Å². The summed E-state index contributed by atoms with van der Waals surface area (Å²) < 4.78 is 0. The zero-order valence-corrected chi connectivity index (χ0v) is 8.54. The number of benzene rings is 1. The molecule has 0 fully saturated rings. The molecule has 2 unspecified atom stereocenters. The van der Waals surface area contributed by atoms with E-state index in [-0.39, 0.29) is 12.1 Å². The van der Waals surface area contributed by atoms with Crippen molar-refractivity contribution in [1.82, 2.24) is 5.32 Å². The van der Waals surface area contributed by atoms with Crippen molar-refractivity contribution < 1.29 is 0 Å². The normalized spacial score (nSPS) is 15.4. The Morgan fingerprint density at radius 3 is 2.54 bits per heavy atom. The number of hydrogen-bond acceptors (Lipinski definition) is 2. The highest BCUT2D eigenvalue weighted by Crippen LogP contribution is 2.16. The molecule has 0 saturated carbocycles. The van der Waals surface area contributed by atoms with Gasteiger partial charge in [-0.15, -0.1) is 0 Å². The molecule has 3 N–H and O–H groups in total. The van der Waals surface area contributed by atoms with Gasteiger partial charge in [-0.05, 0) is 26.5 Å². The van der Waals surface area contributed by atoms with Gasteiger partial charge in [0.25, 0.3) is 0 Å². The van der Waals surface area contributed by atoms with E-state index in [1.165, 1.54) is 11.1 Å². The van der Waals surface area contributed by atoms with Crippen LogP contribution in [0.3, 0.4) is 0 Å². The van der Waals surface area contributed by atoms with E-state index < -0.39 is 0 Å². The average Bonchev–Trinajstić information content (AvgIpc) is 2.04. The highest BCUT2D eigenvalue weighted by atomic mass is 14.9. The maximum atomic E-state index is 5.87. The van der Waals surface area contributed by atoms with E-state index in [0.717, 1.165) is 0 Å². The van der Waals surface area contributed by atoms with Crippen molar-refractivity contribution in [3.05, 3.63) is 35.4 Å². The summed E-state index contributed by atoms with van der Waals surface area (Å²) in [4.78, 5) is 0. The van der Waals surface area contributed by atoms with E-state index in [1.807, 2.05) is 14.0 Å². The molecule has 0 saturated heterocycles. The number of rotatable bonds is 3. The fourth-order valence-electron chi connectivity index (χ4n) is 1.60. The summed E-state index contributed by atoms with van der Waals surface area (Å²) in [5.41, 5.74) is 8.40. The zero-order chi connectivity index (χ0) is 9.84. The van der Waals surface area contributed by atoms with Gasteiger partial charge in [-0.2, -0.15) is 0 Å². The van der Waals surface area contributed by atoms with Crippen LogP contribution in [0.4, 0.5) is 0 Å². The summed E-state index contributed by atoms with van der Waals surface area (Å²) in [7, 11) is 1.94. The average molecular weight is 178 g/mol. The molecular weight excluding hydrogens is 160 g/mol. The number of nitrogens with two attached hydrogens (primary N) is 1. The molecule has 0 spiro atoms. The van der Waals surface area contributed by atoms with E-state index in [0.29, 0.717) is 0 Å². The number of nitrogens with one attached hydrogen (secondary N) is 1. The van der Waals surface area contributed by atoms with Gasteiger partial charge in [0.05, 0.1) is 0 Å². The quantitative estimate of drug-likeness (QED) is 0.738. The molecule has 0 bridgehead atoms. The van der Waals surface area contributed by atoms with E-state index >= 15 is 0 Å². The Bertz CT molecular complexity index is 269. The molecule has 2 heteroatoms. The molecule has 0 aromatic heterocycles. The number of aryl methyl sites for hydroxylation is 1. The minimum atomic E-state index is 0.131. The fourth-order valence-corrected chi connectivity index (χ4v) is 1.60. The first kappa shape index (κ1) is 10.2. The molecule has 1 aromatic carbocycles. The first-order valence-corrected chi connectivity index (χ1v) is 4.64. The number of likely N-dealkylation sites (N-methyl/N-ethyl adjacent to an activating group) is 1. The third kappa shape index (κ3) is 2.54. The first-order chi connectivity index (χ1) is 6.15. The fraction of sp³-hybridized carbons (Fsp3) is 0.455. The summed E-state index contributed by atoms with van der Waals surface area (Å²) in [6, 6.07) is 8.82. The van der Waals surface area contributed by atoms with Crippen molar-refractivity contribution in [3.63, 3.8) is 0 Å². The summed E-state index contributed by atoms with van der Waals surface area (Å²) >= 11 is 0. The SMILES string of the molecule is CNC(c1cccc(C)c1)C(C)N. The van der Waals surface area contributed by atoms with Gasteiger partial charge in [0, 0.05) is 12.1 Å². The van der Waals surface area contributed by atoms with Crippen LogP contribution in [0, 0.1) is 6.92 Å². The Balaban J connectivity index is 2.91. The molecule has 0 amide bonds. The Labute approximate surface area is 80.1 Å². The smallest absolute Gasteiger partial charge is 0.0468 e. The lowest BCUT2D eigenvalue weighted by molar-refractivity contribution is 0.503. The van der Waals surface area contributed by atoms with Crippen LogP contribution in [0.25, 0.3) is 0 Å². The van der Waals surface area contributed by atoms with Crippen molar-refractivity contribution >= 4 is 0 Å². The van der Waals surface area contributed by atoms with E-state index in [9.17, 15) is 0 Å². The lowest BCUT2D eigenvalue weighted by Crippen LogP contribution is -2.33. The second-order valence-corrected chi connectivity index (χ2v) is 3.54. The molecule has 1 aromatic rings. The van der Waals surface area contributed by atoms with Crippen LogP contribution in [-0.2, 0) is 0 Å². The van der Waals surface area contributed by atoms with Gasteiger partial charge >= 0.3 is 0 Å². The highest BCUT2D eigenvalue weighted by molar-refractivity contribution is 5.25. The predicted molar refractivity (Wildman–Crippen MR) is 56.6 cm³/mol. The minimum Gasteiger partial charge on any atom is -0.326 e. The summed E-state index contributed by atoms with van der Waals surface area (Å²) in [6.07, 6.45) is 0. The van der Waals surface area contributed by atoms with E-state index in [2.05, 4.69) is 36.5 Å². The van der Waals surface area contributed by atoms with Crippen LogP contribution < -0.4 is 11.1 Å². The molecule has 2 atom stereocenters. The van der Waals surface area contributed by atoms with Crippen molar-refractivity contribution in [2.24, 2.45) is 5.73 Å². The largest absolute Gasteiger partial charge is 0.326 e. The third-order valence-corrected chi connectivity index (χ3v) is 2.24. The Morgan fingerprint density at radius 2 is 2.08 bits per heavy atom. The lowest BCUT2D eigenvalue weighted by Gasteiger charge is -2.20. The topological polar surface area (TPSA) is 38.0 Å². The summed E-state index contributed by atoms with van der Waals surface area (Å²) in [5.74, 6) is 0. The summed E-state index contributed by atoms with van der Waals surface area (Å²) in [5, 5.41) is 3.22. The molecule has 0 heterocycles.